The highest BCUT2D eigenvalue weighted by Gasteiger charge is 2.29. The van der Waals surface area contributed by atoms with Crippen LogP contribution in [0.1, 0.15) is 25.3 Å². The van der Waals surface area contributed by atoms with Crippen molar-refractivity contribution in [1.82, 2.24) is 10.1 Å². The quantitative estimate of drug-likeness (QED) is 0.545. The summed E-state index contributed by atoms with van der Waals surface area (Å²) in [5, 5.41) is 14.9. The van der Waals surface area contributed by atoms with Crippen molar-refractivity contribution in [2.24, 2.45) is 0 Å². The van der Waals surface area contributed by atoms with Gasteiger partial charge < -0.3 is 28.7 Å². The lowest BCUT2D eigenvalue weighted by Gasteiger charge is -2.30. The number of rotatable bonds is 11. The number of nitrogens with zero attached hydrogens (tertiary/aromatic N) is 3. The highest BCUT2D eigenvalue weighted by molar-refractivity contribution is 5.68. The predicted molar refractivity (Wildman–Crippen MR) is 122 cm³/mol. The number of aliphatic hydroxyl groups is 1. The molecule has 182 valence electrons. The minimum absolute atomic E-state index is 0.105. The van der Waals surface area contributed by atoms with Gasteiger partial charge in [0, 0.05) is 51.5 Å². The van der Waals surface area contributed by atoms with Gasteiger partial charge in [0.15, 0.2) is 0 Å². The molecule has 2 aliphatic rings. The molecule has 4 rings (SSSR count). The first kappa shape index (κ1) is 24.1. The van der Waals surface area contributed by atoms with Gasteiger partial charge in [-0.25, -0.2) is 4.39 Å². The van der Waals surface area contributed by atoms with E-state index in [9.17, 15) is 9.50 Å². The lowest BCUT2D eigenvalue weighted by Crippen LogP contribution is -2.40. The van der Waals surface area contributed by atoms with Crippen molar-refractivity contribution in [2.45, 2.75) is 38.5 Å². The van der Waals surface area contributed by atoms with Crippen molar-refractivity contribution in [1.29, 1.82) is 0 Å². The second-order valence-electron chi connectivity index (χ2n) is 8.54. The highest BCUT2D eigenvalue weighted by Crippen LogP contribution is 2.34. The number of aliphatic hydroxyl groups excluding tert-OH is 1. The van der Waals surface area contributed by atoms with E-state index in [2.05, 4.69) is 15.0 Å². The average Bonchev–Trinajstić information content (AvgIpc) is 3.49. The summed E-state index contributed by atoms with van der Waals surface area (Å²) in [4.78, 5) is 4.23. The molecule has 33 heavy (non-hydrogen) atoms. The first-order valence-electron chi connectivity index (χ1n) is 11.8. The lowest BCUT2D eigenvalue weighted by atomic mass is 10.1. The molecular formula is C24H34FN3O5. The monoisotopic (exact) mass is 463 g/mol. The zero-order chi connectivity index (χ0) is 23.0. The first-order chi connectivity index (χ1) is 16.2. The number of hydrogen-bond acceptors (Lipinski definition) is 8. The Labute approximate surface area is 194 Å². The second-order valence-corrected chi connectivity index (χ2v) is 8.54. The average molecular weight is 464 g/mol. The Kier molecular flexibility index (Phi) is 8.69. The molecule has 8 nitrogen and oxygen atoms in total. The van der Waals surface area contributed by atoms with Crippen LogP contribution in [0.25, 0.3) is 11.3 Å². The predicted octanol–water partition coefficient (Wildman–Crippen LogP) is 2.70. The lowest BCUT2D eigenvalue weighted by molar-refractivity contribution is 0.00517. The molecule has 0 radical (unpaired) electrons. The van der Waals surface area contributed by atoms with Crippen molar-refractivity contribution in [3.63, 3.8) is 0 Å². The second kappa shape index (κ2) is 11.9. The van der Waals surface area contributed by atoms with E-state index in [0.29, 0.717) is 69.7 Å². The van der Waals surface area contributed by atoms with Crippen LogP contribution in [0.15, 0.2) is 28.8 Å². The van der Waals surface area contributed by atoms with Crippen LogP contribution in [0, 0.1) is 5.82 Å². The van der Waals surface area contributed by atoms with E-state index in [1.54, 1.807) is 18.2 Å². The van der Waals surface area contributed by atoms with E-state index in [1.165, 1.54) is 6.07 Å². The third kappa shape index (κ3) is 6.30. The molecule has 0 aliphatic carbocycles. The number of anilines is 1. The summed E-state index contributed by atoms with van der Waals surface area (Å²) in [6.07, 6.45) is 1.48. The molecular weight excluding hydrogens is 429 g/mol. The minimum atomic E-state index is -0.644. The van der Waals surface area contributed by atoms with Crippen molar-refractivity contribution < 1.29 is 28.2 Å². The number of aromatic nitrogens is 1. The Hall–Kier alpha value is -2.04. The summed E-state index contributed by atoms with van der Waals surface area (Å²) in [7, 11) is 0. The Morgan fingerprint density at radius 1 is 1.27 bits per heavy atom. The van der Waals surface area contributed by atoms with Gasteiger partial charge in [0.1, 0.15) is 11.5 Å². The zero-order valence-electron chi connectivity index (χ0n) is 19.2. The van der Waals surface area contributed by atoms with Gasteiger partial charge in [0.2, 0.25) is 5.88 Å². The van der Waals surface area contributed by atoms with Crippen molar-refractivity contribution >= 4 is 5.88 Å². The fourth-order valence-corrected chi connectivity index (χ4v) is 4.43. The summed E-state index contributed by atoms with van der Waals surface area (Å²) < 4.78 is 37.3. The summed E-state index contributed by atoms with van der Waals surface area (Å²) in [5.74, 6) is 0.288. The van der Waals surface area contributed by atoms with Crippen molar-refractivity contribution in [3.8, 4) is 11.3 Å². The van der Waals surface area contributed by atoms with Gasteiger partial charge in [-0.15, -0.1) is 0 Å². The molecule has 2 aromatic rings. The van der Waals surface area contributed by atoms with Crippen LogP contribution in [0.2, 0.25) is 0 Å². The fraction of sp³-hybridized carbons (Fsp3) is 0.625. The summed E-state index contributed by atoms with van der Waals surface area (Å²) in [6.45, 7) is 7.54. The van der Waals surface area contributed by atoms with Gasteiger partial charge in [0.25, 0.3) is 0 Å². The fourth-order valence-electron chi connectivity index (χ4n) is 4.43. The third-order valence-corrected chi connectivity index (χ3v) is 6.05. The number of benzene rings is 1. The smallest absolute Gasteiger partial charge is 0.232 e. The zero-order valence-corrected chi connectivity index (χ0v) is 19.2. The van der Waals surface area contributed by atoms with Crippen molar-refractivity contribution in [3.05, 3.63) is 35.6 Å². The van der Waals surface area contributed by atoms with Gasteiger partial charge in [-0.1, -0.05) is 17.3 Å². The maximum absolute atomic E-state index is 14.7. The van der Waals surface area contributed by atoms with E-state index in [0.717, 1.165) is 25.0 Å². The Morgan fingerprint density at radius 3 is 2.82 bits per heavy atom. The van der Waals surface area contributed by atoms with E-state index in [4.69, 9.17) is 18.7 Å². The normalized spacial score (nSPS) is 20.0. The Bertz CT molecular complexity index is 868. The number of halogens is 1. The molecule has 2 aliphatic heterocycles. The topological polar surface area (TPSA) is 80.4 Å². The van der Waals surface area contributed by atoms with Gasteiger partial charge in [-0.05, 0) is 31.9 Å². The molecule has 1 aromatic carbocycles. The standard InChI is InChI=1S/C24H34FN3O5/c1-2-30-17-18(29)14-27(15-19-6-5-11-32-19)16-21-23(20-7-3-4-8-22(20)25)26-33-24(21)28-9-12-31-13-10-28/h3-4,7-8,18-19,29H,2,5-6,9-17H2,1H3. The maximum Gasteiger partial charge on any atom is 0.232 e. The molecule has 2 fully saturated rings. The third-order valence-electron chi connectivity index (χ3n) is 6.05. The maximum atomic E-state index is 14.7. The molecule has 9 heteroatoms. The van der Waals surface area contributed by atoms with Crippen LogP contribution in [-0.4, -0.2) is 86.6 Å². The molecule has 0 saturated carbocycles. The number of hydrogen-bond donors (Lipinski definition) is 1. The largest absolute Gasteiger partial charge is 0.389 e. The van der Waals surface area contributed by atoms with Gasteiger partial charge in [-0.2, -0.15) is 0 Å². The molecule has 3 heterocycles. The SMILES string of the molecule is CCOCC(O)CN(Cc1c(-c2ccccc2F)noc1N1CCOCC1)CC1CCCO1. The van der Waals surface area contributed by atoms with Crippen molar-refractivity contribution in [2.75, 3.05) is 64.1 Å². The van der Waals surface area contributed by atoms with Crippen LogP contribution in [0.5, 0.6) is 0 Å². The highest BCUT2D eigenvalue weighted by atomic mass is 19.1. The van der Waals surface area contributed by atoms with E-state index < -0.39 is 6.10 Å². The summed E-state index contributed by atoms with van der Waals surface area (Å²) >= 11 is 0. The first-order valence-corrected chi connectivity index (χ1v) is 11.8. The van der Waals surface area contributed by atoms with E-state index in [1.807, 2.05) is 6.92 Å². The van der Waals surface area contributed by atoms with Crippen LogP contribution in [0.4, 0.5) is 10.3 Å². The molecule has 1 N–H and O–H groups in total. The molecule has 2 saturated heterocycles. The van der Waals surface area contributed by atoms with Crippen LogP contribution < -0.4 is 4.90 Å². The van der Waals surface area contributed by atoms with Crippen LogP contribution in [0.3, 0.4) is 0 Å². The van der Waals surface area contributed by atoms with Crippen LogP contribution in [-0.2, 0) is 20.8 Å². The number of morpholine rings is 1. The molecule has 1 aromatic heterocycles. The molecule has 2 atom stereocenters. The Morgan fingerprint density at radius 2 is 2.09 bits per heavy atom. The van der Waals surface area contributed by atoms with E-state index >= 15 is 0 Å². The van der Waals surface area contributed by atoms with Gasteiger partial charge in [0.05, 0.1) is 37.6 Å². The van der Waals surface area contributed by atoms with Crippen LogP contribution >= 0.6 is 0 Å². The molecule has 0 spiro atoms. The minimum Gasteiger partial charge on any atom is -0.389 e. The summed E-state index contributed by atoms with van der Waals surface area (Å²) in [6, 6.07) is 6.60. The molecule has 0 bridgehead atoms. The molecule has 0 amide bonds. The number of ether oxygens (including phenoxy) is 3. The van der Waals surface area contributed by atoms with Gasteiger partial charge in [-0.3, -0.25) is 4.90 Å². The Balaban J connectivity index is 1.63. The summed E-state index contributed by atoms with van der Waals surface area (Å²) in [5.41, 5.74) is 1.71. The molecule has 2 unspecified atom stereocenters. The van der Waals surface area contributed by atoms with E-state index in [-0.39, 0.29) is 18.5 Å². The van der Waals surface area contributed by atoms with Gasteiger partial charge >= 0.3 is 0 Å².